The lowest BCUT2D eigenvalue weighted by Gasteiger charge is -2.34. The van der Waals surface area contributed by atoms with Crippen LogP contribution in [0.2, 0.25) is 0 Å². The van der Waals surface area contributed by atoms with Gasteiger partial charge in [-0.25, -0.2) is 4.79 Å². The first-order valence-corrected chi connectivity index (χ1v) is 10.6. The van der Waals surface area contributed by atoms with Crippen LogP contribution in [-0.4, -0.2) is 24.1 Å². The molecule has 2 heterocycles. The van der Waals surface area contributed by atoms with Crippen LogP contribution in [0.25, 0.3) is 5.57 Å². The smallest absolute Gasteiger partial charge is 0.416 e. The van der Waals surface area contributed by atoms with Gasteiger partial charge in [0.25, 0.3) is 0 Å². The van der Waals surface area contributed by atoms with Crippen molar-refractivity contribution in [3.05, 3.63) is 59.2 Å². The molecule has 4 rings (SSSR count). The molecule has 3 amide bonds. The molecule has 0 bridgehead atoms. The van der Waals surface area contributed by atoms with Gasteiger partial charge in [-0.2, -0.15) is 13.2 Å². The highest BCUT2D eigenvalue weighted by Crippen LogP contribution is 2.43. The van der Waals surface area contributed by atoms with Crippen LogP contribution in [0.5, 0.6) is 5.75 Å². The van der Waals surface area contributed by atoms with Crippen LogP contribution in [0.3, 0.4) is 0 Å². The molecule has 0 aromatic heterocycles. The maximum absolute atomic E-state index is 13.2. The molecule has 0 unspecified atom stereocenters. The number of ether oxygens (including phenoxy) is 1. The number of hydrogen-bond donors (Lipinski definition) is 2. The zero-order chi connectivity index (χ0) is 24.0. The van der Waals surface area contributed by atoms with Crippen LogP contribution < -0.4 is 20.3 Å². The minimum atomic E-state index is -4.49. The van der Waals surface area contributed by atoms with Crippen molar-refractivity contribution in [3.8, 4) is 5.75 Å². The highest BCUT2D eigenvalue weighted by Gasteiger charge is 2.35. The number of carbonyl (C=O) groups excluding carboxylic acids is 2. The lowest BCUT2D eigenvalue weighted by Crippen LogP contribution is -2.44. The number of benzene rings is 2. The maximum atomic E-state index is 13.2. The number of rotatable bonds is 3. The Kier molecular flexibility index (Phi) is 5.59. The minimum absolute atomic E-state index is 0.0958. The second kappa shape index (κ2) is 8.13. The van der Waals surface area contributed by atoms with Crippen LogP contribution in [0.15, 0.2) is 42.5 Å². The van der Waals surface area contributed by atoms with Gasteiger partial charge in [0.2, 0.25) is 5.91 Å². The van der Waals surface area contributed by atoms with Crippen LogP contribution >= 0.6 is 0 Å². The molecule has 2 aromatic rings. The Labute approximate surface area is 189 Å². The summed E-state index contributed by atoms with van der Waals surface area (Å²) in [5, 5.41) is 5.64. The highest BCUT2D eigenvalue weighted by molar-refractivity contribution is 6.06. The highest BCUT2D eigenvalue weighted by atomic mass is 19.4. The molecular weight excluding hydrogens is 435 g/mol. The summed E-state index contributed by atoms with van der Waals surface area (Å²) in [6.07, 6.45) is -2.74. The van der Waals surface area contributed by atoms with E-state index >= 15 is 0 Å². The van der Waals surface area contributed by atoms with Crippen LogP contribution in [0.4, 0.5) is 29.3 Å². The third kappa shape index (κ3) is 4.53. The Bertz CT molecular complexity index is 1160. The first-order chi connectivity index (χ1) is 15.5. The molecule has 2 aliphatic rings. The van der Waals surface area contributed by atoms with Gasteiger partial charge in [0.1, 0.15) is 11.4 Å². The van der Waals surface area contributed by atoms with E-state index in [9.17, 15) is 22.8 Å². The van der Waals surface area contributed by atoms with Gasteiger partial charge >= 0.3 is 12.2 Å². The average molecular weight is 459 g/mol. The Morgan fingerprint density at radius 2 is 2.03 bits per heavy atom. The largest absolute Gasteiger partial charge is 0.487 e. The summed E-state index contributed by atoms with van der Waals surface area (Å²) >= 11 is 0. The summed E-state index contributed by atoms with van der Waals surface area (Å²) in [5.41, 5.74) is 1.53. The summed E-state index contributed by atoms with van der Waals surface area (Å²) in [4.78, 5) is 26.6. The average Bonchev–Trinajstić information content (AvgIpc) is 2.71. The lowest BCUT2D eigenvalue weighted by molar-refractivity contribution is -0.137. The van der Waals surface area contributed by atoms with E-state index in [4.69, 9.17) is 4.74 Å². The van der Waals surface area contributed by atoms with Crippen molar-refractivity contribution in [2.45, 2.75) is 45.5 Å². The van der Waals surface area contributed by atoms with Crippen molar-refractivity contribution < 1.29 is 27.5 Å². The molecule has 0 radical (unpaired) electrons. The molecular formula is C24H24F3N3O3. The quantitative estimate of drug-likeness (QED) is 0.609. The number of halogens is 3. The van der Waals surface area contributed by atoms with E-state index in [0.717, 1.165) is 23.4 Å². The van der Waals surface area contributed by atoms with Gasteiger partial charge in [-0.1, -0.05) is 12.1 Å². The van der Waals surface area contributed by atoms with E-state index in [1.807, 2.05) is 13.0 Å². The zero-order valence-corrected chi connectivity index (χ0v) is 18.5. The number of fused-ring (bicyclic) bond motifs is 2. The maximum Gasteiger partial charge on any atom is 0.416 e. The number of nitrogens with one attached hydrogen (secondary N) is 2. The molecule has 174 valence electrons. The molecule has 2 aromatic carbocycles. The standard InChI is InChI=1S/C24H24F3N3O3/c1-4-30-19-7-5-6-18(17(19)13-28-22(30)32)29-21(31)10-14-12-23(2,3)33-20-11-15(24(25,26)27)8-9-16(14)20/h5-11H,4,12-13H2,1-3H3,(H,28,32)(H,29,31). The summed E-state index contributed by atoms with van der Waals surface area (Å²) in [7, 11) is 0. The molecule has 9 heteroatoms. The number of alkyl halides is 3. The van der Waals surface area contributed by atoms with Gasteiger partial charge < -0.3 is 15.4 Å². The summed E-state index contributed by atoms with van der Waals surface area (Å²) in [6, 6.07) is 8.42. The zero-order valence-electron chi connectivity index (χ0n) is 18.5. The van der Waals surface area contributed by atoms with E-state index in [-0.39, 0.29) is 18.3 Å². The van der Waals surface area contributed by atoms with E-state index < -0.39 is 23.2 Å². The van der Waals surface area contributed by atoms with Gasteiger partial charge in [-0.3, -0.25) is 9.69 Å². The van der Waals surface area contributed by atoms with Gasteiger partial charge in [0.05, 0.1) is 11.3 Å². The van der Waals surface area contributed by atoms with E-state index in [1.54, 1.807) is 30.9 Å². The van der Waals surface area contributed by atoms with E-state index in [0.29, 0.717) is 29.8 Å². The summed E-state index contributed by atoms with van der Waals surface area (Å²) < 4.78 is 45.2. The van der Waals surface area contributed by atoms with Crippen molar-refractivity contribution in [1.82, 2.24) is 5.32 Å². The van der Waals surface area contributed by atoms with Gasteiger partial charge in [-0.05, 0) is 50.6 Å². The number of nitrogens with zero attached hydrogens (tertiary/aromatic N) is 1. The number of carbonyl (C=O) groups is 2. The molecule has 0 fully saturated rings. The summed E-state index contributed by atoms with van der Waals surface area (Å²) in [6.45, 7) is 6.14. The lowest BCUT2D eigenvalue weighted by atomic mass is 9.88. The third-order valence-electron chi connectivity index (χ3n) is 5.64. The number of anilines is 2. The van der Waals surface area contributed by atoms with E-state index in [1.165, 1.54) is 12.1 Å². The number of hydrogen-bond acceptors (Lipinski definition) is 3. The Morgan fingerprint density at radius 3 is 2.73 bits per heavy atom. The predicted octanol–water partition coefficient (Wildman–Crippen LogP) is 5.34. The monoisotopic (exact) mass is 459 g/mol. The number of amides is 3. The van der Waals surface area contributed by atoms with E-state index in [2.05, 4.69) is 10.6 Å². The van der Waals surface area contributed by atoms with Crippen molar-refractivity contribution >= 4 is 28.9 Å². The van der Waals surface area contributed by atoms with Crippen molar-refractivity contribution in [2.24, 2.45) is 0 Å². The minimum Gasteiger partial charge on any atom is -0.487 e. The van der Waals surface area contributed by atoms with Crippen LogP contribution in [-0.2, 0) is 17.5 Å². The van der Waals surface area contributed by atoms with Gasteiger partial charge in [-0.15, -0.1) is 0 Å². The SMILES string of the molecule is CCN1C(=O)NCc2c(NC(=O)C=C3CC(C)(C)Oc4cc(C(F)(F)F)ccc43)cccc21. The molecule has 0 aliphatic carbocycles. The second-order valence-corrected chi connectivity index (χ2v) is 8.61. The molecule has 6 nitrogen and oxygen atoms in total. The van der Waals surface area contributed by atoms with Crippen LogP contribution in [0.1, 0.15) is 43.9 Å². The topological polar surface area (TPSA) is 70.7 Å². The van der Waals surface area contributed by atoms with Gasteiger partial charge in [0.15, 0.2) is 0 Å². The normalized spacial score (nSPS) is 18.2. The fraction of sp³-hybridized carbons (Fsp3) is 0.333. The third-order valence-corrected chi connectivity index (χ3v) is 5.64. The Hall–Kier alpha value is -3.49. The fourth-order valence-corrected chi connectivity index (χ4v) is 4.21. The van der Waals surface area contributed by atoms with Crippen molar-refractivity contribution in [2.75, 3.05) is 16.8 Å². The first-order valence-electron chi connectivity index (χ1n) is 10.6. The molecule has 0 saturated carbocycles. The Morgan fingerprint density at radius 1 is 1.27 bits per heavy atom. The second-order valence-electron chi connectivity index (χ2n) is 8.61. The molecule has 2 N–H and O–H groups in total. The van der Waals surface area contributed by atoms with Crippen LogP contribution in [0, 0.1) is 0 Å². The molecule has 2 aliphatic heterocycles. The predicted molar refractivity (Wildman–Crippen MR) is 119 cm³/mol. The molecule has 33 heavy (non-hydrogen) atoms. The van der Waals surface area contributed by atoms with Gasteiger partial charge in [0, 0.05) is 42.4 Å². The summed E-state index contributed by atoms with van der Waals surface area (Å²) in [5.74, 6) is -0.319. The molecule has 0 saturated heterocycles. The van der Waals surface area contributed by atoms with Crippen molar-refractivity contribution in [3.63, 3.8) is 0 Å². The van der Waals surface area contributed by atoms with Crippen molar-refractivity contribution in [1.29, 1.82) is 0 Å². The number of urea groups is 1. The Balaban J connectivity index is 1.65. The molecule has 0 atom stereocenters. The molecule has 0 spiro atoms. The fourth-order valence-electron chi connectivity index (χ4n) is 4.21. The first kappa shape index (κ1) is 22.7.